The summed E-state index contributed by atoms with van der Waals surface area (Å²) in [4.78, 5) is 13.2. The maximum atomic E-state index is 12.5. The topological polar surface area (TPSA) is 71.2 Å². The van der Waals surface area contributed by atoms with Crippen LogP contribution in [0.1, 0.15) is 23.0 Å². The zero-order valence-electron chi connectivity index (χ0n) is 14.7. The Morgan fingerprint density at radius 2 is 1.77 bits per heavy atom. The quantitative estimate of drug-likeness (QED) is 0.585. The molecule has 1 aliphatic heterocycles. The maximum Gasteiger partial charge on any atom is 0.470 e. The van der Waals surface area contributed by atoms with Gasteiger partial charge in [-0.25, -0.2) is 9.97 Å². The summed E-state index contributed by atoms with van der Waals surface area (Å²) in [5.41, 5.74) is 2.00. The number of alkyl halides is 3. The Kier molecular flexibility index (Phi) is 5.37. The molecule has 11 heteroatoms. The van der Waals surface area contributed by atoms with Gasteiger partial charge in [0.15, 0.2) is 5.16 Å². The lowest BCUT2D eigenvalue weighted by molar-refractivity contribution is -0.157. The van der Waals surface area contributed by atoms with Gasteiger partial charge < -0.3 is 9.32 Å². The molecule has 3 heterocycles. The molecule has 0 spiro atoms. The van der Waals surface area contributed by atoms with Crippen LogP contribution in [0.25, 0.3) is 0 Å². The third-order valence-corrected chi connectivity index (χ3v) is 4.81. The van der Waals surface area contributed by atoms with Gasteiger partial charge in [0.25, 0.3) is 0 Å². The van der Waals surface area contributed by atoms with Gasteiger partial charge in [-0.3, -0.25) is 4.90 Å². The average Bonchev–Trinajstić information content (AvgIpc) is 3.07. The summed E-state index contributed by atoms with van der Waals surface area (Å²) < 4.78 is 42.3. The van der Waals surface area contributed by atoms with Crippen LogP contribution in [0, 0.1) is 13.8 Å². The molecule has 1 saturated heterocycles. The van der Waals surface area contributed by atoms with E-state index in [0.29, 0.717) is 26.2 Å². The van der Waals surface area contributed by atoms with Crippen molar-refractivity contribution in [1.29, 1.82) is 0 Å². The first kappa shape index (κ1) is 18.9. The van der Waals surface area contributed by atoms with Crippen molar-refractivity contribution in [3.8, 4) is 0 Å². The smallest absolute Gasteiger partial charge is 0.416 e. The van der Waals surface area contributed by atoms with Crippen LogP contribution < -0.4 is 4.90 Å². The maximum absolute atomic E-state index is 12.5. The van der Waals surface area contributed by atoms with Crippen LogP contribution in [0.4, 0.5) is 19.0 Å². The molecule has 7 nitrogen and oxygen atoms in total. The largest absolute Gasteiger partial charge is 0.470 e. The van der Waals surface area contributed by atoms with Gasteiger partial charge in [0.2, 0.25) is 5.89 Å². The molecule has 1 fully saturated rings. The van der Waals surface area contributed by atoms with Gasteiger partial charge in [0.1, 0.15) is 5.82 Å². The number of anilines is 1. The summed E-state index contributed by atoms with van der Waals surface area (Å²) in [6, 6.07) is 0. The first-order valence-electron chi connectivity index (χ1n) is 8.04. The minimum atomic E-state index is -4.61. The molecule has 0 saturated carbocycles. The Hall–Kier alpha value is -1.88. The summed E-state index contributed by atoms with van der Waals surface area (Å²) in [6.45, 7) is 6.93. The van der Waals surface area contributed by atoms with Crippen molar-refractivity contribution in [3.63, 3.8) is 0 Å². The number of piperazine rings is 1. The fourth-order valence-electron chi connectivity index (χ4n) is 2.73. The molecule has 26 heavy (non-hydrogen) atoms. The van der Waals surface area contributed by atoms with Crippen LogP contribution >= 0.6 is 11.8 Å². The Bertz CT molecular complexity index is 773. The van der Waals surface area contributed by atoms with E-state index in [1.807, 2.05) is 25.0 Å². The highest BCUT2D eigenvalue weighted by atomic mass is 32.2. The molecule has 0 radical (unpaired) electrons. The average molecular weight is 388 g/mol. The van der Waals surface area contributed by atoms with E-state index >= 15 is 0 Å². The molecule has 3 rings (SSSR count). The van der Waals surface area contributed by atoms with E-state index in [1.54, 1.807) is 0 Å². The molecule has 2 aromatic heterocycles. The molecule has 0 aliphatic carbocycles. The second kappa shape index (κ2) is 7.39. The summed E-state index contributed by atoms with van der Waals surface area (Å²) in [6.07, 6.45) is -2.67. The molecule has 0 atom stereocenters. The van der Waals surface area contributed by atoms with E-state index in [0.717, 1.165) is 22.2 Å². The number of aryl methyl sites for hydroxylation is 1. The van der Waals surface area contributed by atoms with Gasteiger partial charge in [-0.15, -0.1) is 10.2 Å². The van der Waals surface area contributed by atoms with Crippen molar-refractivity contribution in [2.45, 2.75) is 31.7 Å². The van der Waals surface area contributed by atoms with Crippen molar-refractivity contribution in [2.24, 2.45) is 0 Å². The SMILES string of the molecule is CSc1nc(C)c(C)c(N2CCN(Cc3nnc(C(F)(F)F)o3)CC2)n1. The molecule has 0 bridgehead atoms. The number of hydrogen-bond donors (Lipinski definition) is 0. The zero-order chi connectivity index (χ0) is 18.9. The number of rotatable bonds is 4. The van der Waals surface area contributed by atoms with Crippen molar-refractivity contribution >= 4 is 17.6 Å². The number of halogens is 3. The highest BCUT2D eigenvalue weighted by Gasteiger charge is 2.38. The molecule has 2 aromatic rings. The van der Waals surface area contributed by atoms with Gasteiger partial charge in [-0.1, -0.05) is 11.8 Å². The van der Waals surface area contributed by atoms with E-state index < -0.39 is 12.1 Å². The van der Waals surface area contributed by atoms with Crippen molar-refractivity contribution < 1.29 is 17.6 Å². The second-order valence-corrected chi connectivity index (χ2v) is 6.78. The Morgan fingerprint density at radius 1 is 1.08 bits per heavy atom. The summed E-state index contributed by atoms with van der Waals surface area (Å²) in [5.74, 6) is -0.411. The molecule has 0 unspecified atom stereocenters. The van der Waals surface area contributed by atoms with E-state index in [-0.39, 0.29) is 12.4 Å². The molecular weight excluding hydrogens is 369 g/mol. The lowest BCUT2D eigenvalue weighted by atomic mass is 10.2. The van der Waals surface area contributed by atoms with Crippen LogP contribution in [0.15, 0.2) is 9.57 Å². The van der Waals surface area contributed by atoms with E-state index in [2.05, 4.69) is 25.1 Å². The lowest BCUT2D eigenvalue weighted by Gasteiger charge is -2.35. The van der Waals surface area contributed by atoms with Gasteiger partial charge in [-0.2, -0.15) is 13.2 Å². The van der Waals surface area contributed by atoms with Crippen LogP contribution in [-0.4, -0.2) is 57.5 Å². The monoisotopic (exact) mass is 388 g/mol. The summed E-state index contributed by atoms with van der Waals surface area (Å²) in [7, 11) is 0. The highest BCUT2D eigenvalue weighted by molar-refractivity contribution is 7.98. The van der Waals surface area contributed by atoms with Crippen LogP contribution in [0.2, 0.25) is 0 Å². The Balaban J connectivity index is 1.63. The minimum absolute atomic E-state index is 0.0236. The predicted octanol–water partition coefficient (Wildman–Crippen LogP) is 2.54. The third kappa shape index (κ3) is 4.09. The molecule has 0 aromatic carbocycles. The number of thioether (sulfide) groups is 1. The third-order valence-electron chi connectivity index (χ3n) is 4.27. The summed E-state index contributed by atoms with van der Waals surface area (Å²) >= 11 is 1.50. The van der Waals surface area contributed by atoms with E-state index in [9.17, 15) is 13.2 Å². The zero-order valence-corrected chi connectivity index (χ0v) is 15.5. The number of aromatic nitrogens is 4. The van der Waals surface area contributed by atoms with Gasteiger partial charge in [0, 0.05) is 37.4 Å². The van der Waals surface area contributed by atoms with Crippen LogP contribution in [0.5, 0.6) is 0 Å². The standard InChI is InChI=1S/C15H19F3N6OS/c1-9-10(2)19-14(26-3)20-12(9)24-6-4-23(5-7-24)8-11-21-22-13(25-11)15(16,17)18/h4-8H2,1-3H3. The van der Waals surface area contributed by atoms with E-state index in [4.69, 9.17) is 4.42 Å². The highest BCUT2D eigenvalue weighted by Crippen LogP contribution is 2.28. The predicted molar refractivity (Wildman–Crippen MR) is 90.1 cm³/mol. The van der Waals surface area contributed by atoms with Gasteiger partial charge >= 0.3 is 12.1 Å². The minimum Gasteiger partial charge on any atom is -0.416 e. The fourth-order valence-corrected chi connectivity index (χ4v) is 3.13. The van der Waals surface area contributed by atoms with Crippen molar-refractivity contribution in [3.05, 3.63) is 23.0 Å². The number of hydrogen-bond acceptors (Lipinski definition) is 8. The molecule has 1 aliphatic rings. The van der Waals surface area contributed by atoms with Crippen molar-refractivity contribution in [2.75, 3.05) is 37.3 Å². The Morgan fingerprint density at radius 3 is 2.35 bits per heavy atom. The fraction of sp³-hybridized carbons (Fsp3) is 0.600. The molecule has 0 amide bonds. The molecule has 142 valence electrons. The van der Waals surface area contributed by atoms with Crippen LogP contribution in [0.3, 0.4) is 0 Å². The van der Waals surface area contributed by atoms with Crippen molar-refractivity contribution in [1.82, 2.24) is 25.1 Å². The van der Waals surface area contributed by atoms with Gasteiger partial charge in [0.05, 0.1) is 6.54 Å². The number of nitrogens with zero attached hydrogens (tertiary/aromatic N) is 6. The van der Waals surface area contributed by atoms with Gasteiger partial charge in [-0.05, 0) is 20.1 Å². The van der Waals surface area contributed by atoms with Crippen LogP contribution in [-0.2, 0) is 12.7 Å². The normalized spacial score (nSPS) is 16.3. The second-order valence-electron chi connectivity index (χ2n) is 6.01. The first-order chi connectivity index (χ1) is 12.3. The van der Waals surface area contributed by atoms with E-state index in [1.165, 1.54) is 11.8 Å². The summed E-state index contributed by atoms with van der Waals surface area (Å²) in [5, 5.41) is 7.28. The first-order valence-corrected chi connectivity index (χ1v) is 9.26. The Labute approximate surface area is 153 Å². The molecule has 0 N–H and O–H groups in total. The lowest BCUT2D eigenvalue weighted by Crippen LogP contribution is -2.46. The molecular formula is C15H19F3N6OS.